The highest BCUT2D eigenvalue weighted by Crippen LogP contribution is 2.11. The standard InChI is InChI=1S/C20H38O4/c1-4-5-6-7-8-9-10-11-12-13-14-15-23-19(21)16-20(22)24-17-18(2)3/h18H,4-17H2,1-3H3. The Morgan fingerprint density at radius 3 is 1.67 bits per heavy atom. The minimum Gasteiger partial charge on any atom is -0.465 e. The van der Waals surface area contributed by atoms with Crippen LogP contribution < -0.4 is 0 Å². The number of ether oxygens (including phenoxy) is 2. The Morgan fingerprint density at radius 2 is 1.17 bits per heavy atom. The number of hydrogen-bond donors (Lipinski definition) is 0. The normalized spacial score (nSPS) is 10.8. The van der Waals surface area contributed by atoms with Crippen molar-refractivity contribution in [2.24, 2.45) is 5.92 Å². The van der Waals surface area contributed by atoms with Crippen LogP contribution in [0.5, 0.6) is 0 Å². The first-order valence-corrected chi connectivity index (χ1v) is 9.87. The Balaban J connectivity index is 3.29. The number of rotatable bonds is 16. The number of hydrogen-bond acceptors (Lipinski definition) is 4. The van der Waals surface area contributed by atoms with Crippen LogP contribution in [0.1, 0.15) is 97.8 Å². The average molecular weight is 343 g/mol. The molecule has 142 valence electrons. The predicted molar refractivity (Wildman–Crippen MR) is 97.8 cm³/mol. The molecule has 0 aromatic rings. The molecular weight excluding hydrogens is 304 g/mol. The van der Waals surface area contributed by atoms with Gasteiger partial charge in [0.05, 0.1) is 13.2 Å². The van der Waals surface area contributed by atoms with Crippen LogP contribution in [0.15, 0.2) is 0 Å². The lowest BCUT2D eigenvalue weighted by atomic mass is 10.1. The van der Waals surface area contributed by atoms with Crippen molar-refractivity contribution in [1.82, 2.24) is 0 Å². The summed E-state index contributed by atoms with van der Waals surface area (Å²) in [6.45, 7) is 6.92. The number of carbonyl (C=O) groups is 2. The van der Waals surface area contributed by atoms with E-state index in [2.05, 4.69) is 6.92 Å². The molecule has 0 aromatic carbocycles. The number of carbonyl (C=O) groups excluding carboxylic acids is 2. The summed E-state index contributed by atoms with van der Waals surface area (Å²) in [5.74, 6) is -0.690. The summed E-state index contributed by atoms with van der Waals surface area (Å²) in [5, 5.41) is 0. The van der Waals surface area contributed by atoms with Gasteiger partial charge in [-0.1, -0.05) is 85.0 Å². The van der Waals surface area contributed by atoms with E-state index in [-0.39, 0.29) is 12.3 Å². The van der Waals surface area contributed by atoms with Gasteiger partial charge in [0.1, 0.15) is 6.42 Å². The highest BCUT2D eigenvalue weighted by molar-refractivity contribution is 5.91. The van der Waals surface area contributed by atoms with Gasteiger partial charge in [0.15, 0.2) is 0 Å². The van der Waals surface area contributed by atoms with E-state index in [9.17, 15) is 9.59 Å². The van der Waals surface area contributed by atoms with Crippen LogP contribution in [-0.4, -0.2) is 25.2 Å². The van der Waals surface area contributed by atoms with Crippen molar-refractivity contribution in [2.45, 2.75) is 97.8 Å². The second-order valence-corrected chi connectivity index (χ2v) is 7.01. The zero-order valence-corrected chi connectivity index (χ0v) is 16.1. The molecule has 0 aliphatic rings. The van der Waals surface area contributed by atoms with E-state index >= 15 is 0 Å². The molecule has 4 nitrogen and oxygen atoms in total. The molecular formula is C20H38O4. The lowest BCUT2D eigenvalue weighted by Gasteiger charge is -2.07. The van der Waals surface area contributed by atoms with Crippen LogP contribution in [0.2, 0.25) is 0 Å². The lowest BCUT2D eigenvalue weighted by Crippen LogP contribution is -2.16. The van der Waals surface area contributed by atoms with Crippen LogP contribution in [0.3, 0.4) is 0 Å². The molecule has 0 rings (SSSR count). The molecule has 0 heterocycles. The molecule has 0 amide bonds. The smallest absolute Gasteiger partial charge is 0.317 e. The molecule has 0 bridgehead atoms. The molecule has 0 unspecified atom stereocenters. The van der Waals surface area contributed by atoms with Crippen molar-refractivity contribution in [1.29, 1.82) is 0 Å². The van der Waals surface area contributed by atoms with Crippen molar-refractivity contribution in [3.63, 3.8) is 0 Å². The summed E-state index contributed by atoms with van der Waals surface area (Å²) in [7, 11) is 0. The van der Waals surface area contributed by atoms with Crippen molar-refractivity contribution in [3.05, 3.63) is 0 Å². The van der Waals surface area contributed by atoms with Gasteiger partial charge in [-0.2, -0.15) is 0 Å². The second-order valence-electron chi connectivity index (χ2n) is 7.01. The first kappa shape index (κ1) is 22.9. The molecule has 0 atom stereocenters. The van der Waals surface area contributed by atoms with Gasteiger partial charge >= 0.3 is 11.9 Å². The van der Waals surface area contributed by atoms with E-state index in [1.54, 1.807) is 0 Å². The maximum atomic E-state index is 11.5. The van der Waals surface area contributed by atoms with E-state index in [4.69, 9.17) is 9.47 Å². The Morgan fingerprint density at radius 1 is 0.708 bits per heavy atom. The SMILES string of the molecule is CCCCCCCCCCCCCOC(=O)CC(=O)OCC(C)C. The molecule has 0 spiro atoms. The molecule has 4 heteroatoms. The van der Waals surface area contributed by atoms with Gasteiger partial charge in [-0.3, -0.25) is 9.59 Å². The molecule has 0 radical (unpaired) electrons. The van der Waals surface area contributed by atoms with Gasteiger partial charge in [-0.05, 0) is 12.3 Å². The number of unbranched alkanes of at least 4 members (excludes halogenated alkanes) is 10. The first-order valence-electron chi connectivity index (χ1n) is 9.87. The van der Waals surface area contributed by atoms with Crippen LogP contribution in [0.4, 0.5) is 0 Å². The highest BCUT2D eigenvalue weighted by atomic mass is 16.6. The Hall–Kier alpha value is -1.06. The van der Waals surface area contributed by atoms with Crippen molar-refractivity contribution >= 4 is 11.9 Å². The van der Waals surface area contributed by atoms with Gasteiger partial charge in [0, 0.05) is 0 Å². The van der Waals surface area contributed by atoms with E-state index in [0.717, 1.165) is 12.8 Å². The summed E-state index contributed by atoms with van der Waals surface area (Å²) < 4.78 is 10.0. The maximum absolute atomic E-state index is 11.5. The van der Waals surface area contributed by atoms with Crippen molar-refractivity contribution in [3.8, 4) is 0 Å². The molecule has 0 saturated heterocycles. The zero-order valence-electron chi connectivity index (χ0n) is 16.1. The van der Waals surface area contributed by atoms with Gasteiger partial charge in [0.25, 0.3) is 0 Å². The summed E-state index contributed by atoms with van der Waals surface area (Å²) in [6.07, 6.45) is 13.6. The molecule has 0 N–H and O–H groups in total. The summed E-state index contributed by atoms with van der Waals surface area (Å²) in [6, 6.07) is 0. The third-order valence-electron chi connectivity index (χ3n) is 3.88. The molecule has 0 aliphatic carbocycles. The quantitative estimate of drug-likeness (QED) is 0.213. The fourth-order valence-corrected chi connectivity index (χ4v) is 2.43. The fraction of sp³-hybridized carbons (Fsp3) is 0.900. The van der Waals surface area contributed by atoms with Crippen LogP contribution in [0.25, 0.3) is 0 Å². The summed E-state index contributed by atoms with van der Waals surface area (Å²) in [4.78, 5) is 22.8. The maximum Gasteiger partial charge on any atom is 0.317 e. The van der Waals surface area contributed by atoms with Gasteiger partial charge in [0.2, 0.25) is 0 Å². The van der Waals surface area contributed by atoms with Crippen LogP contribution >= 0.6 is 0 Å². The van der Waals surface area contributed by atoms with Crippen LogP contribution in [-0.2, 0) is 19.1 Å². The van der Waals surface area contributed by atoms with E-state index < -0.39 is 11.9 Å². The minimum absolute atomic E-state index is 0.273. The molecule has 0 aliphatic heterocycles. The van der Waals surface area contributed by atoms with E-state index in [1.807, 2.05) is 13.8 Å². The Labute approximate surface area is 148 Å². The molecule has 0 aromatic heterocycles. The second kappa shape index (κ2) is 16.8. The predicted octanol–water partition coefficient (Wildman–Crippen LogP) is 5.43. The Bertz CT molecular complexity index is 313. The van der Waals surface area contributed by atoms with Crippen molar-refractivity contribution < 1.29 is 19.1 Å². The summed E-state index contributed by atoms with van der Waals surface area (Å²) >= 11 is 0. The first-order chi connectivity index (χ1) is 11.6. The highest BCUT2D eigenvalue weighted by Gasteiger charge is 2.12. The molecule has 24 heavy (non-hydrogen) atoms. The fourth-order valence-electron chi connectivity index (χ4n) is 2.43. The molecule has 0 saturated carbocycles. The minimum atomic E-state index is -0.493. The zero-order chi connectivity index (χ0) is 18.0. The third kappa shape index (κ3) is 17.3. The third-order valence-corrected chi connectivity index (χ3v) is 3.88. The van der Waals surface area contributed by atoms with Crippen molar-refractivity contribution in [2.75, 3.05) is 13.2 Å². The Kier molecular flexibility index (Phi) is 16.0. The number of esters is 2. The monoisotopic (exact) mass is 342 g/mol. The van der Waals surface area contributed by atoms with Gasteiger partial charge < -0.3 is 9.47 Å². The molecule has 0 fully saturated rings. The topological polar surface area (TPSA) is 52.6 Å². The van der Waals surface area contributed by atoms with Crippen LogP contribution in [0, 0.1) is 5.92 Å². The largest absolute Gasteiger partial charge is 0.465 e. The lowest BCUT2D eigenvalue weighted by molar-refractivity contribution is -0.155. The van der Waals surface area contributed by atoms with E-state index in [1.165, 1.54) is 57.8 Å². The van der Waals surface area contributed by atoms with Gasteiger partial charge in [-0.15, -0.1) is 0 Å². The van der Waals surface area contributed by atoms with Gasteiger partial charge in [-0.25, -0.2) is 0 Å². The van der Waals surface area contributed by atoms with E-state index in [0.29, 0.717) is 13.2 Å². The summed E-state index contributed by atoms with van der Waals surface area (Å²) in [5.41, 5.74) is 0. The average Bonchev–Trinajstić information content (AvgIpc) is 2.54.